The third-order valence-corrected chi connectivity index (χ3v) is 3.02. The van der Waals surface area contributed by atoms with E-state index in [0.29, 0.717) is 5.84 Å². The normalized spacial score (nSPS) is 11.9. The zero-order chi connectivity index (χ0) is 12.6. The van der Waals surface area contributed by atoms with Crippen LogP contribution in [0.1, 0.15) is 0 Å². The van der Waals surface area contributed by atoms with E-state index in [4.69, 9.17) is 5.73 Å². The van der Waals surface area contributed by atoms with E-state index in [1.807, 2.05) is 60.0 Å². The lowest BCUT2D eigenvalue weighted by molar-refractivity contribution is 1.47. The maximum Gasteiger partial charge on any atom is 0.124 e. The minimum absolute atomic E-state index is 0.504. The Labute approximate surface area is 111 Å². The van der Waals surface area contributed by atoms with Gasteiger partial charge in [-0.15, -0.1) is 0 Å². The number of hydrogen-bond acceptors (Lipinski definition) is 2. The molecule has 2 aromatic carbocycles. The fourth-order valence-electron chi connectivity index (χ4n) is 1.37. The summed E-state index contributed by atoms with van der Waals surface area (Å²) in [5.41, 5.74) is 6.68. The van der Waals surface area contributed by atoms with E-state index in [1.165, 1.54) is 4.90 Å². The Hall–Kier alpha value is -2.00. The number of benzene rings is 2. The van der Waals surface area contributed by atoms with Crippen LogP contribution in [-0.4, -0.2) is 5.84 Å². The Bertz CT molecular complexity index is 533. The number of hydrogen-bond donors (Lipinski definition) is 1. The number of nitrogens with zero attached hydrogens (tertiary/aromatic N) is 1. The predicted molar refractivity (Wildman–Crippen MR) is 79.2 cm³/mol. The van der Waals surface area contributed by atoms with E-state index in [2.05, 4.69) is 17.1 Å². The molecular weight excluding hydrogens is 240 g/mol. The molecule has 3 heteroatoms. The second-order valence-electron chi connectivity index (χ2n) is 3.61. The molecule has 0 spiro atoms. The fraction of sp³-hybridized carbons (Fsp3) is 0. The molecule has 0 aliphatic rings. The predicted octanol–water partition coefficient (Wildman–Crippen LogP) is 3.98. The second-order valence-corrected chi connectivity index (χ2v) is 4.59. The van der Waals surface area contributed by atoms with E-state index in [-0.39, 0.29) is 0 Å². The van der Waals surface area contributed by atoms with Crippen molar-refractivity contribution in [2.45, 2.75) is 4.90 Å². The highest BCUT2D eigenvalue weighted by Crippen LogP contribution is 2.18. The van der Waals surface area contributed by atoms with Crippen LogP contribution in [0, 0.1) is 0 Å². The number of amidine groups is 1. The van der Waals surface area contributed by atoms with Crippen LogP contribution >= 0.6 is 11.8 Å². The molecule has 0 amide bonds. The Morgan fingerprint density at radius 3 is 2.22 bits per heavy atom. The minimum atomic E-state index is 0.504. The summed E-state index contributed by atoms with van der Waals surface area (Å²) in [6, 6.07) is 19.8. The maximum absolute atomic E-state index is 5.82. The molecule has 0 heterocycles. The Balaban J connectivity index is 1.95. The molecule has 0 bridgehead atoms. The van der Waals surface area contributed by atoms with Crippen molar-refractivity contribution in [2.24, 2.45) is 10.7 Å². The van der Waals surface area contributed by atoms with Gasteiger partial charge in [-0.3, -0.25) is 0 Å². The summed E-state index contributed by atoms with van der Waals surface area (Å²) < 4.78 is 0. The molecule has 18 heavy (non-hydrogen) atoms. The Morgan fingerprint density at radius 1 is 0.944 bits per heavy atom. The highest BCUT2D eigenvalue weighted by molar-refractivity contribution is 8.02. The van der Waals surface area contributed by atoms with Crippen molar-refractivity contribution in [1.82, 2.24) is 0 Å². The van der Waals surface area contributed by atoms with Gasteiger partial charge in [0.25, 0.3) is 0 Å². The van der Waals surface area contributed by atoms with E-state index in [0.717, 1.165) is 5.69 Å². The lowest BCUT2D eigenvalue weighted by Gasteiger charge is -1.95. The summed E-state index contributed by atoms with van der Waals surface area (Å²) in [6.45, 7) is 0. The summed E-state index contributed by atoms with van der Waals surface area (Å²) >= 11 is 1.62. The number of thioether (sulfide) groups is 1. The van der Waals surface area contributed by atoms with Gasteiger partial charge >= 0.3 is 0 Å². The lowest BCUT2D eigenvalue weighted by Crippen LogP contribution is -2.06. The first-order chi connectivity index (χ1) is 8.84. The van der Waals surface area contributed by atoms with Crippen LogP contribution in [0.15, 0.2) is 82.0 Å². The number of para-hydroxylation sites is 1. The molecule has 90 valence electrons. The molecule has 0 aliphatic carbocycles. The van der Waals surface area contributed by atoms with Gasteiger partial charge in [0.05, 0.1) is 5.69 Å². The molecule has 0 aromatic heterocycles. The van der Waals surface area contributed by atoms with Gasteiger partial charge in [0.2, 0.25) is 0 Å². The molecule has 0 radical (unpaired) electrons. The van der Waals surface area contributed by atoms with E-state index >= 15 is 0 Å². The monoisotopic (exact) mass is 254 g/mol. The second kappa shape index (κ2) is 6.67. The molecule has 0 saturated carbocycles. The van der Waals surface area contributed by atoms with Crippen molar-refractivity contribution in [3.63, 3.8) is 0 Å². The van der Waals surface area contributed by atoms with Gasteiger partial charge in [-0.25, -0.2) is 4.99 Å². The highest BCUT2D eigenvalue weighted by atomic mass is 32.2. The van der Waals surface area contributed by atoms with Crippen LogP contribution in [0.3, 0.4) is 0 Å². The van der Waals surface area contributed by atoms with Crippen LogP contribution in [0.2, 0.25) is 0 Å². The molecule has 0 aliphatic heterocycles. The fourth-order valence-corrected chi connectivity index (χ4v) is 2.05. The number of nitrogens with two attached hydrogens (primary N) is 1. The zero-order valence-corrected chi connectivity index (χ0v) is 10.7. The Kier molecular flexibility index (Phi) is 4.61. The highest BCUT2D eigenvalue weighted by Gasteiger charge is 1.90. The molecule has 2 rings (SSSR count). The molecule has 0 fully saturated rings. The summed E-state index contributed by atoms with van der Waals surface area (Å²) in [5, 5.41) is 1.94. The van der Waals surface area contributed by atoms with Gasteiger partial charge in [0.1, 0.15) is 5.84 Å². The quantitative estimate of drug-likeness (QED) is 0.509. The van der Waals surface area contributed by atoms with Gasteiger partial charge < -0.3 is 5.73 Å². The van der Waals surface area contributed by atoms with Crippen molar-refractivity contribution in [1.29, 1.82) is 0 Å². The van der Waals surface area contributed by atoms with Crippen LogP contribution in [0.4, 0.5) is 5.69 Å². The van der Waals surface area contributed by atoms with E-state index in [9.17, 15) is 0 Å². The maximum atomic E-state index is 5.82. The standard InChI is InChI=1S/C15H14N2S/c16-15(17-13-7-3-1-4-8-13)11-12-18-14-9-5-2-6-10-14/h1-12H,(H2,16,17). The summed E-state index contributed by atoms with van der Waals surface area (Å²) in [7, 11) is 0. The smallest absolute Gasteiger partial charge is 0.124 e. The van der Waals surface area contributed by atoms with Crippen molar-refractivity contribution >= 4 is 23.3 Å². The van der Waals surface area contributed by atoms with E-state index < -0.39 is 0 Å². The first-order valence-corrected chi connectivity index (χ1v) is 6.50. The molecule has 0 atom stereocenters. The molecule has 0 unspecified atom stereocenters. The number of rotatable bonds is 4. The van der Waals surface area contributed by atoms with Gasteiger partial charge in [0, 0.05) is 4.90 Å². The zero-order valence-electron chi connectivity index (χ0n) is 9.86. The summed E-state index contributed by atoms with van der Waals surface area (Å²) in [4.78, 5) is 5.47. The minimum Gasteiger partial charge on any atom is -0.384 e. The average Bonchev–Trinajstić information content (AvgIpc) is 2.41. The molecule has 0 saturated heterocycles. The van der Waals surface area contributed by atoms with Crippen molar-refractivity contribution in [3.05, 3.63) is 72.1 Å². The lowest BCUT2D eigenvalue weighted by atomic mass is 10.3. The van der Waals surface area contributed by atoms with Gasteiger partial charge in [-0.1, -0.05) is 48.2 Å². The first-order valence-electron chi connectivity index (χ1n) is 5.62. The van der Waals surface area contributed by atoms with Crippen molar-refractivity contribution in [3.8, 4) is 0 Å². The third-order valence-electron chi connectivity index (χ3n) is 2.20. The molecule has 2 aromatic rings. The Morgan fingerprint density at radius 2 is 1.56 bits per heavy atom. The molecular formula is C15H14N2S. The average molecular weight is 254 g/mol. The molecule has 2 N–H and O–H groups in total. The SMILES string of the molecule is NC(C=CSc1ccccc1)=Nc1ccccc1. The van der Waals surface area contributed by atoms with Gasteiger partial charge in [-0.05, 0) is 35.7 Å². The molecule has 2 nitrogen and oxygen atoms in total. The van der Waals surface area contributed by atoms with Crippen LogP contribution in [0.25, 0.3) is 0 Å². The summed E-state index contributed by atoms with van der Waals surface area (Å²) in [5.74, 6) is 0.504. The summed E-state index contributed by atoms with van der Waals surface area (Å²) in [6.07, 6.45) is 1.81. The first kappa shape index (κ1) is 12.5. The largest absolute Gasteiger partial charge is 0.384 e. The van der Waals surface area contributed by atoms with E-state index in [1.54, 1.807) is 11.8 Å². The van der Waals surface area contributed by atoms with Gasteiger partial charge in [0.15, 0.2) is 0 Å². The van der Waals surface area contributed by atoms with Crippen LogP contribution in [0.5, 0.6) is 0 Å². The van der Waals surface area contributed by atoms with Crippen molar-refractivity contribution < 1.29 is 0 Å². The third kappa shape index (κ3) is 4.11. The van der Waals surface area contributed by atoms with Crippen LogP contribution < -0.4 is 5.73 Å². The topological polar surface area (TPSA) is 38.4 Å². The van der Waals surface area contributed by atoms with Crippen molar-refractivity contribution in [2.75, 3.05) is 0 Å². The van der Waals surface area contributed by atoms with Gasteiger partial charge in [-0.2, -0.15) is 0 Å². The van der Waals surface area contributed by atoms with Crippen LogP contribution in [-0.2, 0) is 0 Å². The number of aliphatic imine (C=N–C) groups is 1.